The Morgan fingerprint density at radius 3 is 2.37 bits per heavy atom. The Balaban J connectivity index is 1.47. The molecule has 2 aliphatic carbocycles. The van der Waals surface area contributed by atoms with E-state index in [0.717, 1.165) is 68.4 Å². The summed E-state index contributed by atoms with van der Waals surface area (Å²) in [5.74, 6) is 0.702. The van der Waals surface area contributed by atoms with Crippen molar-refractivity contribution in [3.63, 3.8) is 0 Å². The van der Waals surface area contributed by atoms with Gasteiger partial charge >= 0.3 is 0 Å². The van der Waals surface area contributed by atoms with E-state index in [-0.39, 0.29) is 23.9 Å². The van der Waals surface area contributed by atoms with Crippen LogP contribution in [0.25, 0.3) is 11.3 Å². The van der Waals surface area contributed by atoms with Crippen LogP contribution in [0, 0.1) is 0 Å². The van der Waals surface area contributed by atoms with Gasteiger partial charge in [0.05, 0.1) is 18.8 Å². The number of fused-ring (bicyclic) bond motifs is 1. The summed E-state index contributed by atoms with van der Waals surface area (Å²) in [4.78, 5) is 29.7. The lowest BCUT2D eigenvalue weighted by Crippen LogP contribution is -2.67. The zero-order valence-electron chi connectivity index (χ0n) is 21.1. The van der Waals surface area contributed by atoms with Gasteiger partial charge in [-0.05, 0) is 69.9 Å². The molecule has 0 radical (unpaired) electrons. The molecule has 1 aliphatic heterocycles. The highest BCUT2D eigenvalue weighted by Gasteiger charge is 2.51. The molecule has 1 aromatic carbocycles. The molecule has 0 bridgehead atoms. The third-order valence-electron chi connectivity index (χ3n) is 8.04. The number of aromatic nitrogens is 2. The van der Waals surface area contributed by atoms with Crippen LogP contribution in [0.1, 0.15) is 88.5 Å². The zero-order valence-corrected chi connectivity index (χ0v) is 21.1. The van der Waals surface area contributed by atoms with E-state index in [1.807, 2.05) is 49.1 Å². The van der Waals surface area contributed by atoms with Gasteiger partial charge in [0.25, 0.3) is 5.91 Å². The summed E-state index contributed by atoms with van der Waals surface area (Å²) < 4.78 is 7.32. The number of ether oxygens (including phenoxy) is 1. The predicted octanol–water partition coefficient (Wildman–Crippen LogP) is 4.94. The minimum Gasteiger partial charge on any atom is -0.494 e. The molecule has 3 aliphatic rings. The highest BCUT2D eigenvalue weighted by Crippen LogP contribution is 2.36. The lowest BCUT2D eigenvalue weighted by molar-refractivity contribution is -0.136. The summed E-state index contributed by atoms with van der Waals surface area (Å²) in [5.41, 5.74) is 1.30. The molecule has 2 saturated carbocycles. The fraction of sp³-hybridized carbons (Fsp3) is 0.607. The maximum atomic E-state index is 14.0. The van der Waals surface area contributed by atoms with E-state index in [4.69, 9.17) is 9.84 Å². The van der Waals surface area contributed by atoms with Gasteiger partial charge in [0.2, 0.25) is 5.91 Å². The number of nitrogens with zero attached hydrogens (tertiary/aromatic N) is 3. The summed E-state index contributed by atoms with van der Waals surface area (Å²) in [5, 5.41) is 8.12. The first-order valence-corrected chi connectivity index (χ1v) is 13.5. The van der Waals surface area contributed by atoms with Gasteiger partial charge < -0.3 is 15.0 Å². The van der Waals surface area contributed by atoms with Gasteiger partial charge in [-0.2, -0.15) is 5.10 Å². The topological polar surface area (TPSA) is 76.5 Å². The number of carbonyl (C=O) groups is 2. The van der Waals surface area contributed by atoms with Crippen LogP contribution >= 0.6 is 0 Å². The molecule has 1 atom stereocenters. The van der Waals surface area contributed by atoms with Crippen LogP contribution in [0.3, 0.4) is 0 Å². The third-order valence-corrected chi connectivity index (χ3v) is 8.04. The minimum atomic E-state index is -0.953. The molecule has 1 aromatic heterocycles. The summed E-state index contributed by atoms with van der Waals surface area (Å²) in [6, 6.07) is 9.97. The van der Waals surface area contributed by atoms with Crippen LogP contribution in [-0.4, -0.2) is 50.7 Å². The van der Waals surface area contributed by atoms with Crippen molar-refractivity contribution in [3.8, 4) is 17.0 Å². The normalized spacial score (nSPS) is 23.7. The average Bonchev–Trinajstić information content (AvgIpc) is 3.30. The van der Waals surface area contributed by atoms with Gasteiger partial charge in [-0.25, -0.2) is 0 Å². The Bertz CT molecular complexity index is 1050. The first kappa shape index (κ1) is 23.9. The molecular weight excluding hydrogens is 440 g/mol. The van der Waals surface area contributed by atoms with Crippen LogP contribution in [-0.2, 0) is 11.3 Å². The first-order chi connectivity index (χ1) is 17.0. The van der Waals surface area contributed by atoms with Crippen molar-refractivity contribution in [1.29, 1.82) is 0 Å². The van der Waals surface area contributed by atoms with Gasteiger partial charge in [-0.1, -0.05) is 38.5 Å². The molecule has 188 valence electrons. The maximum Gasteiger partial charge on any atom is 0.273 e. The molecule has 0 spiro atoms. The van der Waals surface area contributed by atoms with Gasteiger partial charge in [0, 0.05) is 17.6 Å². The van der Waals surface area contributed by atoms with E-state index in [1.54, 1.807) is 4.68 Å². The number of benzene rings is 1. The summed E-state index contributed by atoms with van der Waals surface area (Å²) in [7, 11) is 0. The van der Waals surface area contributed by atoms with Crippen LogP contribution in [0.4, 0.5) is 0 Å². The Kier molecular flexibility index (Phi) is 6.85. The standard InChI is InChI=1S/C28H38N4O3/c1-3-35-23-16-14-20(15-17-23)24-18-25-26(33)32(22-12-8-5-9-13-22)28(2,19-31(25)30-24)27(34)29-21-10-6-4-7-11-21/h14-18,21-22H,3-13,19H2,1-2H3,(H,29,34)/t28-/m0/s1. The Morgan fingerprint density at radius 2 is 1.71 bits per heavy atom. The number of hydrogen-bond donors (Lipinski definition) is 1. The first-order valence-electron chi connectivity index (χ1n) is 13.5. The molecule has 7 heteroatoms. The van der Waals surface area contributed by atoms with Crippen molar-refractivity contribution in [2.45, 2.75) is 102 Å². The van der Waals surface area contributed by atoms with Crippen molar-refractivity contribution in [2.24, 2.45) is 0 Å². The summed E-state index contributed by atoms with van der Waals surface area (Å²) in [6.07, 6.45) is 10.9. The molecule has 35 heavy (non-hydrogen) atoms. The fourth-order valence-electron chi connectivity index (χ4n) is 6.13. The minimum absolute atomic E-state index is 0.0351. The monoisotopic (exact) mass is 478 g/mol. The Morgan fingerprint density at radius 1 is 1.06 bits per heavy atom. The Labute approximate surface area is 208 Å². The molecule has 0 unspecified atom stereocenters. The van der Waals surface area contributed by atoms with E-state index in [0.29, 0.717) is 18.8 Å². The van der Waals surface area contributed by atoms with E-state index >= 15 is 0 Å². The lowest BCUT2D eigenvalue weighted by atomic mass is 9.86. The molecule has 5 rings (SSSR count). The highest BCUT2D eigenvalue weighted by atomic mass is 16.5. The van der Waals surface area contributed by atoms with Crippen molar-refractivity contribution in [3.05, 3.63) is 36.0 Å². The Hall–Kier alpha value is -2.83. The highest BCUT2D eigenvalue weighted by molar-refractivity contribution is 6.00. The quantitative estimate of drug-likeness (QED) is 0.638. The number of nitrogens with one attached hydrogen (secondary N) is 1. The average molecular weight is 479 g/mol. The van der Waals surface area contributed by atoms with E-state index in [1.165, 1.54) is 12.8 Å². The van der Waals surface area contributed by atoms with Gasteiger partial charge in [-0.15, -0.1) is 0 Å². The van der Waals surface area contributed by atoms with Crippen molar-refractivity contribution >= 4 is 11.8 Å². The van der Waals surface area contributed by atoms with Crippen LogP contribution in [0.15, 0.2) is 30.3 Å². The van der Waals surface area contributed by atoms with E-state index in [2.05, 4.69) is 5.32 Å². The second-order valence-corrected chi connectivity index (χ2v) is 10.6. The second-order valence-electron chi connectivity index (χ2n) is 10.6. The lowest BCUT2D eigenvalue weighted by Gasteiger charge is -2.48. The molecule has 2 fully saturated rings. The summed E-state index contributed by atoms with van der Waals surface area (Å²) in [6.45, 7) is 4.90. The predicted molar refractivity (Wildman–Crippen MR) is 135 cm³/mol. The number of hydrogen-bond acceptors (Lipinski definition) is 4. The molecule has 2 aromatic rings. The van der Waals surface area contributed by atoms with Gasteiger partial charge in [-0.3, -0.25) is 14.3 Å². The van der Waals surface area contributed by atoms with Crippen molar-refractivity contribution < 1.29 is 14.3 Å². The third kappa shape index (κ3) is 4.69. The van der Waals surface area contributed by atoms with Crippen molar-refractivity contribution in [2.75, 3.05) is 6.61 Å². The zero-order chi connectivity index (χ0) is 24.4. The molecule has 2 amide bonds. The number of amides is 2. The number of carbonyl (C=O) groups excluding carboxylic acids is 2. The van der Waals surface area contributed by atoms with E-state index in [9.17, 15) is 9.59 Å². The number of rotatable bonds is 6. The molecule has 0 saturated heterocycles. The van der Waals surface area contributed by atoms with Crippen molar-refractivity contribution in [1.82, 2.24) is 20.0 Å². The smallest absolute Gasteiger partial charge is 0.273 e. The fourth-order valence-corrected chi connectivity index (χ4v) is 6.13. The second kappa shape index (κ2) is 10.0. The SMILES string of the molecule is CCOc1ccc(-c2cc3n(n2)C[C@@](C)(C(=O)NC2CCCCC2)N(C2CCCCC2)C3=O)cc1. The molecular formula is C28H38N4O3. The largest absolute Gasteiger partial charge is 0.494 e. The molecule has 2 heterocycles. The molecule has 7 nitrogen and oxygen atoms in total. The molecule has 1 N–H and O–H groups in total. The van der Waals surface area contributed by atoms with Gasteiger partial charge in [0.1, 0.15) is 17.0 Å². The van der Waals surface area contributed by atoms with Crippen LogP contribution < -0.4 is 10.1 Å². The van der Waals surface area contributed by atoms with Gasteiger partial charge in [0.15, 0.2) is 0 Å². The summed E-state index contributed by atoms with van der Waals surface area (Å²) >= 11 is 0. The maximum absolute atomic E-state index is 14.0. The van der Waals surface area contributed by atoms with Crippen LogP contribution in [0.5, 0.6) is 5.75 Å². The van der Waals surface area contributed by atoms with Crippen LogP contribution in [0.2, 0.25) is 0 Å². The van der Waals surface area contributed by atoms with E-state index < -0.39 is 5.54 Å².